The normalized spacial score (nSPS) is 13.2. The van der Waals surface area contributed by atoms with Crippen molar-refractivity contribution in [2.75, 3.05) is 6.54 Å². The molecular weight excluding hydrogens is 252 g/mol. The molecule has 1 unspecified atom stereocenters. The van der Waals surface area contributed by atoms with Crippen molar-refractivity contribution in [2.24, 2.45) is 11.7 Å². The van der Waals surface area contributed by atoms with Gasteiger partial charge in [0, 0.05) is 25.0 Å². The Kier molecular flexibility index (Phi) is 6.46. The summed E-state index contributed by atoms with van der Waals surface area (Å²) < 4.78 is 0. The molecule has 1 rings (SSSR count). The quantitative estimate of drug-likeness (QED) is 0.770. The summed E-state index contributed by atoms with van der Waals surface area (Å²) in [6, 6.07) is 11.3. The highest BCUT2D eigenvalue weighted by Gasteiger charge is 2.24. The van der Waals surface area contributed by atoms with E-state index in [1.165, 1.54) is 5.56 Å². The van der Waals surface area contributed by atoms with Gasteiger partial charge >= 0.3 is 0 Å². The van der Waals surface area contributed by atoms with Gasteiger partial charge in [0.05, 0.1) is 4.99 Å². The maximum Gasteiger partial charge on any atom is 0.0746 e. The van der Waals surface area contributed by atoms with E-state index >= 15 is 0 Å². The Morgan fingerprint density at radius 3 is 2.16 bits per heavy atom. The number of hydrogen-bond donors (Lipinski definition) is 1. The minimum Gasteiger partial charge on any atom is -0.393 e. The van der Waals surface area contributed by atoms with E-state index in [2.05, 4.69) is 56.9 Å². The van der Waals surface area contributed by atoms with Crippen LogP contribution in [0.5, 0.6) is 0 Å². The smallest absolute Gasteiger partial charge is 0.0746 e. The summed E-state index contributed by atoms with van der Waals surface area (Å²) in [5.41, 5.74) is 7.10. The van der Waals surface area contributed by atoms with Gasteiger partial charge in [0.25, 0.3) is 0 Å². The van der Waals surface area contributed by atoms with Crippen LogP contribution in [0.2, 0.25) is 0 Å². The van der Waals surface area contributed by atoms with Gasteiger partial charge in [0.15, 0.2) is 0 Å². The predicted molar refractivity (Wildman–Crippen MR) is 87.3 cm³/mol. The van der Waals surface area contributed by atoms with E-state index in [-0.39, 0.29) is 6.04 Å². The standard InChI is InChI=1S/C16H26N2S/c1-12(2)11-18(13(3)4)15(10-16(17)19)14-8-6-5-7-9-14/h5-9,12-13,15H,10-11H2,1-4H3,(H2,17,19). The van der Waals surface area contributed by atoms with E-state index in [0.29, 0.717) is 16.9 Å². The van der Waals surface area contributed by atoms with E-state index in [9.17, 15) is 0 Å². The summed E-state index contributed by atoms with van der Waals surface area (Å²) in [5, 5.41) is 0. The molecule has 106 valence electrons. The van der Waals surface area contributed by atoms with Crippen LogP contribution in [0.1, 0.15) is 45.7 Å². The van der Waals surface area contributed by atoms with Crippen LogP contribution in [-0.2, 0) is 0 Å². The lowest BCUT2D eigenvalue weighted by Gasteiger charge is -2.36. The SMILES string of the molecule is CC(C)CN(C(C)C)C(CC(N)=S)c1ccccc1. The summed E-state index contributed by atoms with van der Waals surface area (Å²) in [6.07, 6.45) is 0.740. The van der Waals surface area contributed by atoms with E-state index in [1.54, 1.807) is 0 Å². The Labute approximate surface area is 123 Å². The average Bonchev–Trinajstić information content (AvgIpc) is 2.33. The second-order valence-corrected chi connectivity index (χ2v) is 6.31. The summed E-state index contributed by atoms with van der Waals surface area (Å²) in [5.74, 6) is 0.625. The topological polar surface area (TPSA) is 29.3 Å². The summed E-state index contributed by atoms with van der Waals surface area (Å²) in [6.45, 7) is 10.0. The van der Waals surface area contributed by atoms with Crippen molar-refractivity contribution in [3.05, 3.63) is 35.9 Å². The molecule has 0 aliphatic carbocycles. The first-order chi connectivity index (χ1) is 8.91. The summed E-state index contributed by atoms with van der Waals surface area (Å²) >= 11 is 5.14. The maximum absolute atomic E-state index is 5.80. The zero-order valence-corrected chi connectivity index (χ0v) is 13.3. The third-order valence-electron chi connectivity index (χ3n) is 3.22. The molecule has 0 aliphatic heterocycles. The van der Waals surface area contributed by atoms with Gasteiger partial charge in [-0.05, 0) is 25.3 Å². The van der Waals surface area contributed by atoms with E-state index in [0.717, 1.165) is 13.0 Å². The summed E-state index contributed by atoms with van der Waals surface area (Å²) in [4.78, 5) is 3.09. The predicted octanol–water partition coefficient (Wildman–Crippen LogP) is 3.77. The molecule has 0 heterocycles. The first-order valence-corrected chi connectivity index (χ1v) is 7.41. The Balaban J connectivity index is 3.02. The lowest BCUT2D eigenvalue weighted by molar-refractivity contribution is 0.138. The van der Waals surface area contributed by atoms with Crippen LogP contribution in [0, 0.1) is 5.92 Å². The third kappa shape index (κ3) is 5.29. The molecule has 0 aliphatic rings. The van der Waals surface area contributed by atoms with Gasteiger partial charge in [0.2, 0.25) is 0 Å². The zero-order chi connectivity index (χ0) is 14.4. The van der Waals surface area contributed by atoms with Crippen LogP contribution >= 0.6 is 12.2 Å². The van der Waals surface area contributed by atoms with E-state index in [4.69, 9.17) is 18.0 Å². The van der Waals surface area contributed by atoms with Gasteiger partial charge in [-0.3, -0.25) is 4.90 Å². The molecule has 0 bridgehead atoms. The van der Waals surface area contributed by atoms with Crippen molar-refractivity contribution >= 4 is 17.2 Å². The molecule has 0 fully saturated rings. The van der Waals surface area contributed by atoms with E-state index < -0.39 is 0 Å². The van der Waals surface area contributed by atoms with Crippen molar-refractivity contribution in [2.45, 2.75) is 46.2 Å². The molecule has 3 heteroatoms. The number of benzene rings is 1. The minimum absolute atomic E-state index is 0.279. The second-order valence-electron chi connectivity index (χ2n) is 5.78. The van der Waals surface area contributed by atoms with Gasteiger partial charge in [-0.25, -0.2) is 0 Å². The first-order valence-electron chi connectivity index (χ1n) is 7.00. The Hall–Kier alpha value is -0.930. The largest absolute Gasteiger partial charge is 0.393 e. The fraction of sp³-hybridized carbons (Fsp3) is 0.562. The van der Waals surface area contributed by atoms with Crippen molar-refractivity contribution in [3.63, 3.8) is 0 Å². The molecule has 0 saturated heterocycles. The molecule has 0 radical (unpaired) electrons. The number of rotatable bonds is 7. The highest BCUT2D eigenvalue weighted by molar-refractivity contribution is 7.80. The molecule has 1 aromatic rings. The van der Waals surface area contributed by atoms with Gasteiger partial charge in [-0.2, -0.15) is 0 Å². The minimum atomic E-state index is 0.279. The molecule has 0 amide bonds. The molecule has 0 spiro atoms. The highest BCUT2D eigenvalue weighted by Crippen LogP contribution is 2.27. The monoisotopic (exact) mass is 278 g/mol. The Bertz CT molecular complexity index is 387. The summed E-state index contributed by atoms with van der Waals surface area (Å²) in [7, 11) is 0. The van der Waals surface area contributed by atoms with Gasteiger partial charge in [-0.1, -0.05) is 56.4 Å². The van der Waals surface area contributed by atoms with Crippen LogP contribution < -0.4 is 5.73 Å². The fourth-order valence-electron chi connectivity index (χ4n) is 2.41. The lowest BCUT2D eigenvalue weighted by atomic mass is 9.99. The third-order valence-corrected chi connectivity index (χ3v) is 3.39. The lowest BCUT2D eigenvalue weighted by Crippen LogP contribution is -2.39. The van der Waals surface area contributed by atoms with Crippen LogP contribution in [-0.4, -0.2) is 22.5 Å². The van der Waals surface area contributed by atoms with Gasteiger partial charge in [0.1, 0.15) is 0 Å². The molecule has 2 N–H and O–H groups in total. The average molecular weight is 278 g/mol. The molecule has 1 atom stereocenters. The number of thiocarbonyl (C=S) groups is 1. The zero-order valence-electron chi connectivity index (χ0n) is 12.5. The van der Waals surface area contributed by atoms with Gasteiger partial charge < -0.3 is 5.73 Å². The van der Waals surface area contributed by atoms with Crippen molar-refractivity contribution < 1.29 is 0 Å². The van der Waals surface area contributed by atoms with Crippen molar-refractivity contribution in [1.29, 1.82) is 0 Å². The van der Waals surface area contributed by atoms with Crippen LogP contribution in [0.25, 0.3) is 0 Å². The molecule has 0 aromatic heterocycles. The van der Waals surface area contributed by atoms with E-state index in [1.807, 2.05) is 6.07 Å². The molecule has 19 heavy (non-hydrogen) atoms. The molecule has 1 aromatic carbocycles. The molecular formula is C16H26N2S. The second kappa shape index (κ2) is 7.61. The van der Waals surface area contributed by atoms with Gasteiger partial charge in [-0.15, -0.1) is 0 Å². The van der Waals surface area contributed by atoms with Crippen LogP contribution in [0.15, 0.2) is 30.3 Å². The Morgan fingerprint density at radius 1 is 1.16 bits per heavy atom. The number of nitrogens with two attached hydrogens (primary N) is 1. The van der Waals surface area contributed by atoms with Crippen LogP contribution in [0.4, 0.5) is 0 Å². The first kappa shape index (κ1) is 16.1. The van der Waals surface area contributed by atoms with Crippen molar-refractivity contribution in [3.8, 4) is 0 Å². The fourth-order valence-corrected chi connectivity index (χ4v) is 2.57. The van der Waals surface area contributed by atoms with Crippen molar-refractivity contribution in [1.82, 2.24) is 4.90 Å². The molecule has 2 nitrogen and oxygen atoms in total. The number of hydrogen-bond acceptors (Lipinski definition) is 2. The van der Waals surface area contributed by atoms with Crippen LogP contribution in [0.3, 0.4) is 0 Å². The maximum atomic E-state index is 5.80. The highest BCUT2D eigenvalue weighted by atomic mass is 32.1. The molecule has 0 saturated carbocycles. The number of nitrogens with zero attached hydrogens (tertiary/aromatic N) is 1. The Morgan fingerprint density at radius 2 is 1.74 bits per heavy atom.